The molecular formula is C14H17N3O4S. The normalized spacial score (nSPS) is 11.4. The van der Waals surface area contributed by atoms with Gasteiger partial charge in [-0.15, -0.1) is 0 Å². The molecule has 0 unspecified atom stereocenters. The number of carbonyl (C=O) groups excluding carboxylic acids is 1. The third kappa shape index (κ3) is 4.40. The number of nitrogens with zero attached hydrogens (tertiary/aromatic N) is 1. The molecule has 1 aromatic carbocycles. The van der Waals surface area contributed by atoms with Gasteiger partial charge in [0.2, 0.25) is 15.9 Å². The molecule has 0 atom stereocenters. The maximum absolute atomic E-state index is 11.7. The maximum Gasteiger partial charge on any atom is 0.238 e. The zero-order valence-electron chi connectivity index (χ0n) is 12.1. The topological polar surface area (TPSA) is 115 Å². The van der Waals surface area contributed by atoms with Crippen molar-refractivity contribution in [2.75, 3.05) is 6.54 Å². The number of oxazole rings is 1. The summed E-state index contributed by atoms with van der Waals surface area (Å²) in [4.78, 5) is 15.7. The van der Waals surface area contributed by atoms with Gasteiger partial charge in [-0.25, -0.2) is 18.5 Å². The fraction of sp³-hybridized carbons (Fsp3) is 0.286. The summed E-state index contributed by atoms with van der Waals surface area (Å²) in [5.41, 5.74) is 1.61. The van der Waals surface area contributed by atoms with Gasteiger partial charge >= 0.3 is 0 Å². The minimum atomic E-state index is -3.67. The van der Waals surface area contributed by atoms with Crippen LogP contribution < -0.4 is 10.5 Å². The monoisotopic (exact) mass is 323 g/mol. The lowest BCUT2D eigenvalue weighted by molar-refractivity contribution is -0.120. The molecule has 0 aliphatic carbocycles. The van der Waals surface area contributed by atoms with Crippen molar-refractivity contribution >= 4 is 15.9 Å². The van der Waals surface area contributed by atoms with Crippen LogP contribution in [0.4, 0.5) is 0 Å². The van der Waals surface area contributed by atoms with Crippen LogP contribution >= 0.6 is 0 Å². The molecule has 22 heavy (non-hydrogen) atoms. The van der Waals surface area contributed by atoms with Crippen LogP contribution in [0.2, 0.25) is 0 Å². The fourth-order valence-corrected chi connectivity index (χ4v) is 2.41. The van der Waals surface area contributed by atoms with Crippen LogP contribution in [0.25, 0.3) is 0 Å². The second-order valence-electron chi connectivity index (χ2n) is 4.83. The first-order valence-electron chi connectivity index (χ1n) is 6.63. The number of primary sulfonamides is 1. The van der Waals surface area contributed by atoms with Gasteiger partial charge in [-0.3, -0.25) is 4.79 Å². The SMILES string of the molecule is Cc1ncoc1CC(=O)NCCc1ccc(S(N)(=O)=O)cc1. The van der Waals surface area contributed by atoms with Crippen molar-refractivity contribution in [2.24, 2.45) is 5.14 Å². The van der Waals surface area contributed by atoms with E-state index in [9.17, 15) is 13.2 Å². The van der Waals surface area contributed by atoms with Gasteiger partial charge in [0.15, 0.2) is 6.39 Å². The van der Waals surface area contributed by atoms with Gasteiger partial charge in [-0.2, -0.15) is 0 Å². The number of nitrogens with two attached hydrogens (primary N) is 1. The van der Waals surface area contributed by atoms with Gasteiger partial charge in [-0.05, 0) is 31.0 Å². The number of hydrogen-bond donors (Lipinski definition) is 2. The molecule has 2 rings (SSSR count). The molecule has 118 valence electrons. The first-order chi connectivity index (χ1) is 10.4. The van der Waals surface area contributed by atoms with Gasteiger partial charge in [0.05, 0.1) is 17.0 Å². The quantitative estimate of drug-likeness (QED) is 0.804. The molecule has 8 heteroatoms. The molecule has 1 heterocycles. The second-order valence-corrected chi connectivity index (χ2v) is 6.39. The van der Waals surface area contributed by atoms with Gasteiger partial charge < -0.3 is 9.73 Å². The molecule has 0 radical (unpaired) electrons. The number of amides is 1. The van der Waals surface area contributed by atoms with Crippen LogP contribution in [-0.4, -0.2) is 25.9 Å². The number of benzene rings is 1. The van der Waals surface area contributed by atoms with Crippen LogP contribution in [0, 0.1) is 6.92 Å². The number of rotatable bonds is 6. The number of hydrogen-bond acceptors (Lipinski definition) is 5. The van der Waals surface area contributed by atoms with Crippen molar-refractivity contribution < 1.29 is 17.6 Å². The number of aryl methyl sites for hydroxylation is 1. The summed E-state index contributed by atoms with van der Waals surface area (Å²) in [7, 11) is -3.67. The highest BCUT2D eigenvalue weighted by atomic mass is 32.2. The smallest absolute Gasteiger partial charge is 0.238 e. The Hall–Kier alpha value is -2.19. The Kier molecular flexibility index (Phi) is 4.94. The minimum absolute atomic E-state index is 0.0704. The molecule has 0 fully saturated rings. The lowest BCUT2D eigenvalue weighted by Crippen LogP contribution is -2.27. The molecule has 3 N–H and O–H groups in total. The predicted octanol–water partition coefficient (Wildman–Crippen LogP) is 0.532. The zero-order valence-corrected chi connectivity index (χ0v) is 12.9. The summed E-state index contributed by atoms with van der Waals surface area (Å²) in [6, 6.07) is 6.24. The maximum atomic E-state index is 11.7. The van der Waals surface area contributed by atoms with Crippen molar-refractivity contribution in [2.45, 2.75) is 24.7 Å². The number of carbonyl (C=O) groups is 1. The van der Waals surface area contributed by atoms with Crippen molar-refractivity contribution in [1.82, 2.24) is 10.3 Å². The molecule has 0 aliphatic rings. The first kappa shape index (κ1) is 16.2. The third-order valence-electron chi connectivity index (χ3n) is 3.15. The highest BCUT2D eigenvalue weighted by molar-refractivity contribution is 7.89. The Labute approximate surface area is 128 Å². The molecular weight excluding hydrogens is 306 g/mol. The molecule has 0 saturated heterocycles. The van der Waals surface area contributed by atoms with Crippen LogP contribution in [0.1, 0.15) is 17.0 Å². The standard InChI is InChI=1S/C14H17N3O4S/c1-10-13(21-9-17-10)8-14(18)16-7-6-11-2-4-12(5-3-11)22(15,19)20/h2-5,9H,6-8H2,1H3,(H,16,18)(H2,15,19,20). The largest absolute Gasteiger partial charge is 0.448 e. The van der Waals surface area contributed by atoms with E-state index < -0.39 is 10.0 Å². The van der Waals surface area contributed by atoms with Gasteiger partial charge in [0.1, 0.15) is 5.76 Å². The molecule has 0 spiro atoms. The average molecular weight is 323 g/mol. The van der Waals surface area contributed by atoms with E-state index in [0.29, 0.717) is 24.4 Å². The summed E-state index contributed by atoms with van der Waals surface area (Å²) >= 11 is 0. The predicted molar refractivity (Wildman–Crippen MR) is 79.5 cm³/mol. The lowest BCUT2D eigenvalue weighted by Gasteiger charge is -2.05. The van der Waals surface area contributed by atoms with Crippen LogP contribution in [0.3, 0.4) is 0 Å². The van der Waals surface area contributed by atoms with E-state index in [1.807, 2.05) is 0 Å². The Bertz CT molecular complexity index is 751. The highest BCUT2D eigenvalue weighted by Gasteiger charge is 2.10. The molecule has 7 nitrogen and oxygen atoms in total. The second kappa shape index (κ2) is 6.71. The van der Waals surface area contributed by atoms with E-state index in [1.165, 1.54) is 18.5 Å². The van der Waals surface area contributed by atoms with Crippen molar-refractivity contribution in [3.8, 4) is 0 Å². The third-order valence-corrected chi connectivity index (χ3v) is 4.08. The van der Waals surface area contributed by atoms with E-state index in [1.54, 1.807) is 19.1 Å². The Morgan fingerprint density at radius 3 is 2.55 bits per heavy atom. The molecule has 1 amide bonds. The first-order valence-corrected chi connectivity index (χ1v) is 8.18. The average Bonchev–Trinajstić information content (AvgIpc) is 2.84. The zero-order chi connectivity index (χ0) is 16.2. The number of sulfonamides is 1. The van der Waals surface area contributed by atoms with E-state index in [0.717, 1.165) is 5.56 Å². The summed E-state index contributed by atoms with van der Waals surface area (Å²) in [5.74, 6) is 0.399. The number of nitrogens with one attached hydrogen (secondary N) is 1. The molecule has 0 bridgehead atoms. The summed E-state index contributed by atoms with van der Waals surface area (Å²) in [6.45, 7) is 2.22. The van der Waals surface area contributed by atoms with Crippen LogP contribution in [0.5, 0.6) is 0 Å². The van der Waals surface area contributed by atoms with Crippen LogP contribution in [0.15, 0.2) is 40.0 Å². The molecule has 0 saturated carbocycles. The Morgan fingerprint density at radius 1 is 1.32 bits per heavy atom. The van der Waals surface area contributed by atoms with E-state index in [2.05, 4.69) is 10.3 Å². The number of aromatic nitrogens is 1. The summed E-state index contributed by atoms with van der Waals surface area (Å²) in [6.07, 6.45) is 2.05. The van der Waals surface area contributed by atoms with Crippen molar-refractivity contribution in [3.05, 3.63) is 47.7 Å². The van der Waals surface area contributed by atoms with E-state index in [4.69, 9.17) is 9.56 Å². The van der Waals surface area contributed by atoms with E-state index in [-0.39, 0.29) is 17.2 Å². The minimum Gasteiger partial charge on any atom is -0.448 e. The fourth-order valence-electron chi connectivity index (χ4n) is 1.90. The summed E-state index contributed by atoms with van der Waals surface area (Å²) in [5, 5.41) is 7.80. The van der Waals surface area contributed by atoms with Gasteiger partial charge in [-0.1, -0.05) is 12.1 Å². The van der Waals surface area contributed by atoms with Gasteiger partial charge in [0, 0.05) is 6.54 Å². The lowest BCUT2D eigenvalue weighted by atomic mass is 10.1. The van der Waals surface area contributed by atoms with E-state index >= 15 is 0 Å². The molecule has 2 aromatic rings. The van der Waals surface area contributed by atoms with Crippen LogP contribution in [-0.2, 0) is 27.7 Å². The van der Waals surface area contributed by atoms with Gasteiger partial charge in [0.25, 0.3) is 0 Å². The van der Waals surface area contributed by atoms with Crippen molar-refractivity contribution in [1.29, 1.82) is 0 Å². The Morgan fingerprint density at radius 2 is 2.00 bits per heavy atom. The molecule has 0 aliphatic heterocycles. The highest BCUT2D eigenvalue weighted by Crippen LogP contribution is 2.09. The summed E-state index contributed by atoms with van der Waals surface area (Å²) < 4.78 is 27.4. The van der Waals surface area contributed by atoms with Crippen molar-refractivity contribution in [3.63, 3.8) is 0 Å². The Balaban J connectivity index is 1.81. The molecule has 1 aromatic heterocycles.